The van der Waals surface area contributed by atoms with E-state index in [0.717, 1.165) is 16.7 Å². The van der Waals surface area contributed by atoms with E-state index in [0.29, 0.717) is 10.8 Å². The summed E-state index contributed by atoms with van der Waals surface area (Å²) >= 11 is 6.13. The van der Waals surface area contributed by atoms with Gasteiger partial charge in [0, 0.05) is 5.02 Å². The molecule has 0 unspecified atom stereocenters. The average molecular weight is 350 g/mol. The zero-order valence-electron chi connectivity index (χ0n) is 14.2. The fourth-order valence-corrected chi connectivity index (χ4v) is 2.51. The molecule has 0 spiro atoms. The van der Waals surface area contributed by atoms with Crippen molar-refractivity contribution < 1.29 is 13.9 Å². The van der Waals surface area contributed by atoms with Gasteiger partial charge in [0.1, 0.15) is 11.6 Å². The summed E-state index contributed by atoms with van der Waals surface area (Å²) in [5.74, 6) is 0.0611. The molecule has 0 aromatic heterocycles. The third-order valence-electron chi connectivity index (χ3n) is 3.82. The Hall–Kier alpha value is -2.07. The summed E-state index contributed by atoms with van der Waals surface area (Å²) in [6, 6.07) is 9.42. The van der Waals surface area contributed by atoms with Crippen LogP contribution in [-0.4, -0.2) is 12.0 Å². The van der Waals surface area contributed by atoms with E-state index in [-0.39, 0.29) is 17.8 Å². The first-order valence-electron chi connectivity index (χ1n) is 7.77. The van der Waals surface area contributed by atoms with E-state index in [2.05, 4.69) is 5.32 Å². The number of halogens is 2. The van der Waals surface area contributed by atoms with Crippen molar-refractivity contribution in [2.24, 2.45) is 0 Å². The maximum absolute atomic E-state index is 13.0. The van der Waals surface area contributed by atoms with Gasteiger partial charge in [0.05, 0.1) is 6.04 Å². The summed E-state index contributed by atoms with van der Waals surface area (Å²) in [5, 5.41) is 3.56. The highest BCUT2D eigenvalue weighted by Gasteiger charge is 2.18. The molecule has 2 rings (SSSR count). The molecule has 0 aliphatic heterocycles. The first-order valence-corrected chi connectivity index (χ1v) is 8.15. The van der Waals surface area contributed by atoms with Crippen molar-refractivity contribution in [3.05, 3.63) is 63.9 Å². The van der Waals surface area contributed by atoms with Gasteiger partial charge in [-0.2, -0.15) is 0 Å². The minimum atomic E-state index is -0.659. The average Bonchev–Trinajstić information content (AvgIpc) is 2.52. The monoisotopic (exact) mass is 349 g/mol. The van der Waals surface area contributed by atoms with E-state index in [1.54, 1.807) is 19.1 Å². The summed E-state index contributed by atoms with van der Waals surface area (Å²) in [5.41, 5.74) is 2.63. The van der Waals surface area contributed by atoms with Gasteiger partial charge in [-0.25, -0.2) is 4.39 Å². The van der Waals surface area contributed by atoms with Gasteiger partial charge in [-0.1, -0.05) is 23.7 Å². The molecule has 1 N–H and O–H groups in total. The van der Waals surface area contributed by atoms with Crippen LogP contribution >= 0.6 is 11.6 Å². The predicted octanol–water partition coefficient (Wildman–Crippen LogP) is 4.74. The predicted molar refractivity (Wildman–Crippen MR) is 94.0 cm³/mol. The van der Waals surface area contributed by atoms with Crippen molar-refractivity contribution in [2.45, 2.75) is 39.8 Å². The normalized spacial score (nSPS) is 13.2. The second-order valence-corrected chi connectivity index (χ2v) is 6.29. The van der Waals surface area contributed by atoms with Gasteiger partial charge in [0.25, 0.3) is 5.91 Å². The molecule has 0 radical (unpaired) electrons. The lowest BCUT2D eigenvalue weighted by molar-refractivity contribution is -0.127. The lowest BCUT2D eigenvalue weighted by atomic mass is 10.1. The van der Waals surface area contributed by atoms with Gasteiger partial charge in [-0.15, -0.1) is 0 Å². The number of carbonyl (C=O) groups excluding carboxylic acids is 1. The van der Waals surface area contributed by atoms with Crippen LogP contribution < -0.4 is 10.1 Å². The molecule has 128 valence electrons. The van der Waals surface area contributed by atoms with E-state index >= 15 is 0 Å². The first-order chi connectivity index (χ1) is 11.3. The Morgan fingerprint density at radius 2 is 1.67 bits per heavy atom. The number of benzene rings is 2. The lowest BCUT2D eigenvalue weighted by Crippen LogP contribution is -2.37. The van der Waals surface area contributed by atoms with Crippen molar-refractivity contribution >= 4 is 17.5 Å². The summed E-state index contributed by atoms with van der Waals surface area (Å²) in [6.45, 7) is 7.31. The van der Waals surface area contributed by atoms with Crippen LogP contribution in [0.2, 0.25) is 5.02 Å². The minimum absolute atomic E-state index is 0.238. The van der Waals surface area contributed by atoms with Crippen molar-refractivity contribution in [3.63, 3.8) is 0 Å². The van der Waals surface area contributed by atoms with Gasteiger partial charge in [-0.3, -0.25) is 4.79 Å². The maximum atomic E-state index is 13.0. The quantitative estimate of drug-likeness (QED) is 0.846. The highest BCUT2D eigenvalue weighted by molar-refractivity contribution is 6.32. The van der Waals surface area contributed by atoms with Crippen molar-refractivity contribution in [1.29, 1.82) is 0 Å². The topological polar surface area (TPSA) is 38.3 Å². The van der Waals surface area contributed by atoms with Crippen LogP contribution in [0.15, 0.2) is 36.4 Å². The summed E-state index contributed by atoms with van der Waals surface area (Å²) in [7, 11) is 0. The third kappa shape index (κ3) is 4.48. The van der Waals surface area contributed by atoms with Gasteiger partial charge in [0.2, 0.25) is 0 Å². The minimum Gasteiger partial charge on any atom is -0.481 e. The van der Waals surface area contributed by atoms with E-state index in [9.17, 15) is 9.18 Å². The van der Waals surface area contributed by atoms with Crippen LogP contribution in [0.5, 0.6) is 5.75 Å². The molecule has 0 saturated carbocycles. The highest BCUT2D eigenvalue weighted by atomic mass is 35.5. The zero-order valence-corrected chi connectivity index (χ0v) is 14.9. The molecule has 0 fully saturated rings. The Morgan fingerprint density at radius 1 is 1.12 bits per heavy atom. The van der Waals surface area contributed by atoms with E-state index < -0.39 is 6.10 Å². The van der Waals surface area contributed by atoms with E-state index in [1.807, 2.05) is 32.9 Å². The van der Waals surface area contributed by atoms with Crippen molar-refractivity contribution in [2.75, 3.05) is 0 Å². The van der Waals surface area contributed by atoms with Crippen LogP contribution in [0.1, 0.15) is 36.6 Å². The second-order valence-electron chi connectivity index (χ2n) is 5.91. The molecular formula is C19H21ClFNO2. The standard InChI is InChI=1S/C19H21ClFNO2/c1-11-9-17(10-12(2)18(11)20)24-14(4)19(23)22-13(3)15-5-7-16(21)8-6-15/h5-10,13-14H,1-4H3,(H,22,23)/t13-,14+/m1/s1. The second kappa shape index (κ2) is 7.67. The van der Waals surface area contributed by atoms with Crippen LogP contribution in [-0.2, 0) is 4.79 Å². The molecule has 2 aromatic rings. The zero-order chi connectivity index (χ0) is 17.9. The number of ether oxygens (including phenoxy) is 1. The largest absolute Gasteiger partial charge is 0.481 e. The number of aryl methyl sites for hydroxylation is 2. The molecule has 24 heavy (non-hydrogen) atoms. The highest BCUT2D eigenvalue weighted by Crippen LogP contribution is 2.26. The number of rotatable bonds is 5. The number of nitrogens with one attached hydrogen (secondary N) is 1. The maximum Gasteiger partial charge on any atom is 0.261 e. The van der Waals surface area contributed by atoms with E-state index in [1.165, 1.54) is 12.1 Å². The summed E-state index contributed by atoms with van der Waals surface area (Å²) < 4.78 is 18.7. The van der Waals surface area contributed by atoms with E-state index in [4.69, 9.17) is 16.3 Å². The summed E-state index contributed by atoms with van der Waals surface area (Å²) in [6.07, 6.45) is -0.659. The Morgan fingerprint density at radius 3 is 2.21 bits per heavy atom. The third-order valence-corrected chi connectivity index (χ3v) is 4.42. The van der Waals surface area contributed by atoms with Gasteiger partial charge in [-0.05, 0) is 68.7 Å². The number of hydrogen-bond acceptors (Lipinski definition) is 2. The van der Waals surface area contributed by atoms with Crippen LogP contribution in [0, 0.1) is 19.7 Å². The van der Waals surface area contributed by atoms with Crippen LogP contribution in [0.25, 0.3) is 0 Å². The molecule has 2 aromatic carbocycles. The van der Waals surface area contributed by atoms with Gasteiger partial charge < -0.3 is 10.1 Å². The number of carbonyl (C=O) groups is 1. The fraction of sp³-hybridized carbons (Fsp3) is 0.316. The van der Waals surface area contributed by atoms with Crippen molar-refractivity contribution in [1.82, 2.24) is 5.32 Å². The molecular weight excluding hydrogens is 329 g/mol. The number of amides is 1. The Kier molecular flexibility index (Phi) is 5.84. The van der Waals surface area contributed by atoms with Gasteiger partial charge >= 0.3 is 0 Å². The molecule has 0 aliphatic rings. The lowest BCUT2D eigenvalue weighted by Gasteiger charge is -2.19. The molecule has 0 bridgehead atoms. The van der Waals surface area contributed by atoms with Crippen LogP contribution in [0.4, 0.5) is 4.39 Å². The fourth-order valence-electron chi connectivity index (χ4n) is 2.40. The molecule has 0 aliphatic carbocycles. The Bertz CT molecular complexity index is 708. The summed E-state index contributed by atoms with van der Waals surface area (Å²) in [4.78, 5) is 12.3. The first kappa shape index (κ1) is 18.3. The molecule has 5 heteroatoms. The number of hydrogen-bond donors (Lipinski definition) is 1. The molecule has 0 heterocycles. The Labute approximate surface area is 146 Å². The smallest absolute Gasteiger partial charge is 0.261 e. The van der Waals surface area contributed by atoms with Crippen molar-refractivity contribution in [3.8, 4) is 5.75 Å². The molecule has 2 atom stereocenters. The molecule has 3 nitrogen and oxygen atoms in total. The molecule has 1 amide bonds. The SMILES string of the molecule is Cc1cc(O[C@@H](C)C(=O)N[C@H](C)c2ccc(F)cc2)cc(C)c1Cl. The van der Waals surface area contributed by atoms with Gasteiger partial charge in [0.15, 0.2) is 6.10 Å². The molecule has 0 saturated heterocycles. The Balaban J connectivity index is 2.00. The van der Waals surface area contributed by atoms with Crippen LogP contribution in [0.3, 0.4) is 0 Å².